The molecule has 32 heavy (non-hydrogen) atoms. The molecule has 1 saturated heterocycles. The Hall–Kier alpha value is -2.57. The van der Waals surface area contributed by atoms with Crippen molar-refractivity contribution in [3.05, 3.63) is 35.9 Å². The first-order chi connectivity index (χ1) is 15.2. The van der Waals surface area contributed by atoms with Gasteiger partial charge in [-0.15, -0.1) is 0 Å². The number of nitrogens with zero attached hydrogens (tertiary/aromatic N) is 1. The summed E-state index contributed by atoms with van der Waals surface area (Å²) in [5.41, 5.74) is 0.735. The van der Waals surface area contributed by atoms with Crippen molar-refractivity contribution in [3.8, 4) is 0 Å². The topological polar surface area (TPSA) is 90.5 Å². The Balaban J connectivity index is 1.62. The van der Waals surface area contributed by atoms with Crippen LogP contribution in [0.15, 0.2) is 30.3 Å². The van der Waals surface area contributed by atoms with Gasteiger partial charge < -0.3 is 20.9 Å². The summed E-state index contributed by atoms with van der Waals surface area (Å²) in [7, 11) is 0. The number of hydrogen-bond acceptors (Lipinski definition) is 3. The van der Waals surface area contributed by atoms with Crippen molar-refractivity contribution in [2.45, 2.75) is 77.4 Å². The first-order valence-electron chi connectivity index (χ1n) is 11.9. The van der Waals surface area contributed by atoms with Gasteiger partial charge in [-0.2, -0.15) is 0 Å². The summed E-state index contributed by atoms with van der Waals surface area (Å²) in [5, 5.41) is 9.09. The SMILES string of the molecule is CC(C)(C)NC(=O)N1CCC(C(NC(=O)C2CCCC2)C(=O)NCc2ccccc2)CC1. The van der Waals surface area contributed by atoms with Crippen LogP contribution >= 0.6 is 0 Å². The van der Waals surface area contributed by atoms with E-state index in [4.69, 9.17) is 0 Å². The van der Waals surface area contributed by atoms with Crippen LogP contribution in [0.4, 0.5) is 4.79 Å². The van der Waals surface area contributed by atoms with E-state index in [0.29, 0.717) is 32.5 Å². The van der Waals surface area contributed by atoms with Gasteiger partial charge in [0.25, 0.3) is 0 Å². The zero-order valence-electron chi connectivity index (χ0n) is 19.7. The van der Waals surface area contributed by atoms with E-state index < -0.39 is 6.04 Å². The van der Waals surface area contributed by atoms with Gasteiger partial charge in [0.2, 0.25) is 11.8 Å². The molecule has 0 radical (unpaired) electrons. The van der Waals surface area contributed by atoms with Gasteiger partial charge in [-0.05, 0) is 57.9 Å². The maximum absolute atomic E-state index is 13.2. The second kappa shape index (κ2) is 10.8. The van der Waals surface area contributed by atoms with Gasteiger partial charge in [-0.1, -0.05) is 43.2 Å². The van der Waals surface area contributed by atoms with Gasteiger partial charge >= 0.3 is 6.03 Å². The average Bonchev–Trinajstić information content (AvgIpc) is 3.30. The fourth-order valence-electron chi connectivity index (χ4n) is 4.59. The number of rotatable bonds is 6. The first kappa shape index (κ1) is 24.1. The van der Waals surface area contributed by atoms with Crippen LogP contribution in [0.3, 0.4) is 0 Å². The van der Waals surface area contributed by atoms with Crippen LogP contribution in [0.1, 0.15) is 64.9 Å². The number of likely N-dealkylation sites (tertiary alicyclic amines) is 1. The minimum absolute atomic E-state index is 0.00438. The summed E-state index contributed by atoms with van der Waals surface area (Å²) in [6.45, 7) is 7.47. The molecule has 7 heteroatoms. The smallest absolute Gasteiger partial charge is 0.317 e. The fourth-order valence-corrected chi connectivity index (χ4v) is 4.59. The Morgan fingerprint density at radius 2 is 1.62 bits per heavy atom. The molecule has 3 N–H and O–H groups in total. The summed E-state index contributed by atoms with van der Waals surface area (Å²) in [6, 6.07) is 9.13. The normalized spacial score (nSPS) is 18.8. The van der Waals surface area contributed by atoms with Crippen LogP contribution in [0.25, 0.3) is 0 Å². The van der Waals surface area contributed by atoms with Crippen molar-refractivity contribution < 1.29 is 14.4 Å². The summed E-state index contributed by atoms with van der Waals surface area (Å²) < 4.78 is 0. The number of benzene rings is 1. The summed E-state index contributed by atoms with van der Waals surface area (Å²) >= 11 is 0. The number of urea groups is 1. The molecular weight excluding hydrogens is 404 g/mol. The second-order valence-electron chi connectivity index (χ2n) is 10.2. The minimum Gasteiger partial charge on any atom is -0.350 e. The van der Waals surface area contributed by atoms with E-state index in [2.05, 4.69) is 16.0 Å². The van der Waals surface area contributed by atoms with Crippen LogP contribution in [-0.2, 0) is 16.1 Å². The predicted octanol–water partition coefficient (Wildman–Crippen LogP) is 3.20. The maximum Gasteiger partial charge on any atom is 0.317 e. The number of carbonyl (C=O) groups is 3. The van der Waals surface area contributed by atoms with E-state index in [-0.39, 0.29) is 35.2 Å². The molecule has 176 valence electrons. The zero-order valence-corrected chi connectivity index (χ0v) is 19.7. The Labute approximate surface area is 191 Å². The molecule has 2 fully saturated rings. The van der Waals surface area contributed by atoms with Crippen molar-refractivity contribution in [2.75, 3.05) is 13.1 Å². The lowest BCUT2D eigenvalue weighted by Gasteiger charge is -2.37. The highest BCUT2D eigenvalue weighted by atomic mass is 16.2. The number of carbonyl (C=O) groups excluding carboxylic acids is 3. The Bertz CT molecular complexity index is 776. The van der Waals surface area contributed by atoms with E-state index in [9.17, 15) is 14.4 Å². The quantitative estimate of drug-likeness (QED) is 0.632. The predicted molar refractivity (Wildman–Crippen MR) is 125 cm³/mol. The van der Waals surface area contributed by atoms with Crippen LogP contribution < -0.4 is 16.0 Å². The van der Waals surface area contributed by atoms with Crippen molar-refractivity contribution >= 4 is 17.8 Å². The Morgan fingerprint density at radius 1 is 1.00 bits per heavy atom. The van der Waals surface area contributed by atoms with Gasteiger partial charge in [0.1, 0.15) is 6.04 Å². The number of amides is 4. The monoisotopic (exact) mass is 442 g/mol. The summed E-state index contributed by atoms with van der Waals surface area (Å²) in [6.07, 6.45) is 5.32. The molecule has 1 saturated carbocycles. The van der Waals surface area contributed by atoms with Crippen molar-refractivity contribution in [1.29, 1.82) is 0 Å². The summed E-state index contributed by atoms with van der Waals surface area (Å²) in [5.74, 6) is -0.125. The van der Waals surface area contributed by atoms with Crippen molar-refractivity contribution in [3.63, 3.8) is 0 Å². The molecule has 2 aliphatic rings. The molecule has 1 aliphatic heterocycles. The maximum atomic E-state index is 13.2. The lowest BCUT2D eigenvalue weighted by atomic mass is 9.88. The molecule has 1 heterocycles. The highest BCUT2D eigenvalue weighted by Gasteiger charge is 2.36. The lowest BCUT2D eigenvalue weighted by molar-refractivity contribution is -0.132. The highest BCUT2D eigenvalue weighted by molar-refractivity contribution is 5.89. The molecule has 4 amide bonds. The van der Waals surface area contributed by atoms with Crippen molar-refractivity contribution in [1.82, 2.24) is 20.9 Å². The van der Waals surface area contributed by atoms with Crippen LogP contribution in [0, 0.1) is 11.8 Å². The molecule has 1 aromatic carbocycles. The highest BCUT2D eigenvalue weighted by Crippen LogP contribution is 2.26. The van der Waals surface area contributed by atoms with E-state index in [1.165, 1.54) is 0 Å². The fraction of sp³-hybridized carbons (Fsp3) is 0.640. The molecule has 1 aliphatic carbocycles. The molecular formula is C25H38N4O3. The molecule has 1 unspecified atom stereocenters. The Morgan fingerprint density at radius 3 is 2.22 bits per heavy atom. The molecule has 3 rings (SSSR count). The third-order valence-corrected chi connectivity index (χ3v) is 6.40. The molecule has 1 atom stereocenters. The lowest BCUT2D eigenvalue weighted by Crippen LogP contribution is -2.56. The van der Waals surface area contributed by atoms with Gasteiger partial charge in [0.05, 0.1) is 0 Å². The van der Waals surface area contributed by atoms with Gasteiger partial charge in [-0.3, -0.25) is 9.59 Å². The largest absolute Gasteiger partial charge is 0.350 e. The molecule has 0 spiro atoms. The number of piperidine rings is 1. The second-order valence-corrected chi connectivity index (χ2v) is 10.2. The third-order valence-electron chi connectivity index (χ3n) is 6.40. The summed E-state index contributed by atoms with van der Waals surface area (Å²) in [4.78, 5) is 40.3. The van der Waals surface area contributed by atoms with E-state index >= 15 is 0 Å². The Kier molecular flexibility index (Phi) is 8.15. The zero-order chi connectivity index (χ0) is 23.1. The standard InChI is InChI=1S/C25H38N4O3/c1-25(2,3)28-24(32)29-15-13-19(14-16-29)21(27-22(30)20-11-7-8-12-20)23(31)26-17-18-9-5-4-6-10-18/h4-6,9-10,19-21H,7-8,11-17H2,1-3H3,(H,26,31)(H,27,30)(H,28,32). The van der Waals surface area contributed by atoms with Gasteiger partial charge in [0.15, 0.2) is 0 Å². The van der Waals surface area contributed by atoms with Crippen LogP contribution in [0.2, 0.25) is 0 Å². The molecule has 0 bridgehead atoms. The van der Waals surface area contributed by atoms with Crippen molar-refractivity contribution in [2.24, 2.45) is 11.8 Å². The molecule has 7 nitrogen and oxygen atoms in total. The van der Waals surface area contributed by atoms with Gasteiger partial charge in [0, 0.05) is 31.1 Å². The first-order valence-corrected chi connectivity index (χ1v) is 11.9. The number of nitrogens with one attached hydrogen (secondary N) is 3. The number of hydrogen-bond donors (Lipinski definition) is 3. The third kappa shape index (κ3) is 6.97. The minimum atomic E-state index is -0.570. The van der Waals surface area contributed by atoms with Crippen LogP contribution in [-0.4, -0.2) is 47.4 Å². The average molecular weight is 443 g/mol. The van der Waals surface area contributed by atoms with Crippen LogP contribution in [0.5, 0.6) is 0 Å². The van der Waals surface area contributed by atoms with Gasteiger partial charge in [-0.25, -0.2) is 4.79 Å². The van der Waals surface area contributed by atoms with E-state index in [1.807, 2.05) is 51.1 Å². The van der Waals surface area contributed by atoms with E-state index in [1.54, 1.807) is 4.90 Å². The molecule has 1 aromatic rings. The molecule has 0 aromatic heterocycles. The van der Waals surface area contributed by atoms with E-state index in [0.717, 1.165) is 31.2 Å².